The third kappa shape index (κ3) is 3.24. The van der Waals surface area contributed by atoms with Gasteiger partial charge in [0.2, 0.25) is 0 Å². The van der Waals surface area contributed by atoms with Gasteiger partial charge in [0.15, 0.2) is 0 Å². The summed E-state index contributed by atoms with van der Waals surface area (Å²) in [5, 5.41) is 3.17. The summed E-state index contributed by atoms with van der Waals surface area (Å²) in [4.78, 5) is 0. The van der Waals surface area contributed by atoms with E-state index in [0.717, 1.165) is 0 Å². The van der Waals surface area contributed by atoms with E-state index in [1.165, 1.54) is 12.1 Å². The van der Waals surface area contributed by atoms with E-state index in [0.29, 0.717) is 41.8 Å². The highest BCUT2D eigenvalue weighted by molar-refractivity contribution is 5.83. The van der Waals surface area contributed by atoms with E-state index in [1.54, 1.807) is 16.7 Å². The molecule has 1 aromatic heterocycles. The van der Waals surface area contributed by atoms with Crippen LogP contribution in [0.15, 0.2) is 42.5 Å². The number of fused-ring (bicyclic) bond motifs is 5. The van der Waals surface area contributed by atoms with Crippen molar-refractivity contribution in [3.63, 3.8) is 0 Å². The van der Waals surface area contributed by atoms with Crippen molar-refractivity contribution in [2.24, 2.45) is 5.92 Å². The Labute approximate surface area is 171 Å². The summed E-state index contributed by atoms with van der Waals surface area (Å²) in [6, 6.07) is 6.88. The zero-order valence-corrected chi connectivity index (χ0v) is 15.7. The summed E-state index contributed by atoms with van der Waals surface area (Å²) in [5.41, 5.74) is -1.98. The fraction of sp³-hybridized carbons (Fsp3) is 0.333. The molecule has 5 rings (SSSR count). The monoisotopic (exact) mass is 444 g/mol. The predicted molar refractivity (Wildman–Crippen MR) is 97.8 cm³/mol. The predicted octanol–water partition coefficient (Wildman–Crippen LogP) is 6.52. The third-order valence-corrected chi connectivity index (χ3v) is 5.88. The Kier molecular flexibility index (Phi) is 4.31. The first-order chi connectivity index (χ1) is 14.5. The molecule has 0 spiro atoms. The van der Waals surface area contributed by atoms with Gasteiger partial charge in [0, 0.05) is 29.3 Å². The Hall–Kier alpha value is -2.75. The van der Waals surface area contributed by atoms with Crippen LogP contribution in [0, 0.1) is 11.7 Å². The van der Waals surface area contributed by atoms with Crippen molar-refractivity contribution in [2.45, 2.75) is 31.0 Å². The number of hydrogen-bond donors (Lipinski definition) is 1. The van der Waals surface area contributed by atoms with Gasteiger partial charge in [-0.15, -0.1) is 0 Å². The molecule has 2 aliphatic rings. The number of nitrogens with zero attached hydrogens (tertiary/aromatic N) is 1. The van der Waals surface area contributed by atoms with Crippen molar-refractivity contribution in [1.82, 2.24) is 4.57 Å². The molecule has 0 aliphatic carbocycles. The van der Waals surface area contributed by atoms with E-state index in [4.69, 9.17) is 4.74 Å². The first kappa shape index (κ1) is 20.2. The molecule has 2 aromatic carbocycles. The van der Waals surface area contributed by atoms with Crippen molar-refractivity contribution in [3.8, 4) is 0 Å². The number of rotatable bonds is 2. The van der Waals surface area contributed by atoms with E-state index in [2.05, 4.69) is 5.32 Å². The summed E-state index contributed by atoms with van der Waals surface area (Å²) >= 11 is 0. The fourth-order valence-corrected chi connectivity index (χ4v) is 4.57. The van der Waals surface area contributed by atoms with Gasteiger partial charge in [0.05, 0.1) is 22.7 Å². The van der Waals surface area contributed by atoms with Gasteiger partial charge in [-0.1, -0.05) is 6.07 Å². The quantitative estimate of drug-likeness (QED) is 0.456. The molecule has 3 nitrogen and oxygen atoms in total. The number of halogens is 7. The van der Waals surface area contributed by atoms with Gasteiger partial charge in [0.25, 0.3) is 0 Å². The van der Waals surface area contributed by atoms with Crippen LogP contribution in [-0.4, -0.2) is 11.2 Å². The number of alkyl halides is 6. The molecule has 0 unspecified atom stereocenters. The smallest absolute Gasteiger partial charge is 0.376 e. The number of nitrogens with one attached hydrogen (secondary N) is 1. The summed E-state index contributed by atoms with van der Waals surface area (Å²) in [7, 11) is 0. The fourth-order valence-electron chi connectivity index (χ4n) is 4.57. The molecule has 0 saturated carbocycles. The molecule has 1 N–H and O–H groups in total. The lowest BCUT2D eigenvalue weighted by atomic mass is 9.96. The van der Waals surface area contributed by atoms with Crippen LogP contribution in [0.4, 0.5) is 36.4 Å². The molecule has 2 aliphatic heterocycles. The van der Waals surface area contributed by atoms with E-state index < -0.39 is 41.6 Å². The molecule has 3 aromatic rings. The van der Waals surface area contributed by atoms with Crippen molar-refractivity contribution < 1.29 is 35.5 Å². The minimum Gasteiger partial charge on any atom is -0.376 e. The number of hydrogen-bond acceptors (Lipinski definition) is 2. The maximum absolute atomic E-state index is 14.3. The van der Waals surface area contributed by atoms with Crippen molar-refractivity contribution >= 4 is 16.6 Å². The van der Waals surface area contributed by atoms with E-state index in [9.17, 15) is 30.7 Å². The van der Waals surface area contributed by atoms with Gasteiger partial charge in [-0.25, -0.2) is 4.39 Å². The Morgan fingerprint density at radius 1 is 0.935 bits per heavy atom. The van der Waals surface area contributed by atoms with E-state index in [1.807, 2.05) is 0 Å². The van der Waals surface area contributed by atoms with Gasteiger partial charge in [-0.3, -0.25) is 0 Å². The molecule has 1 saturated heterocycles. The van der Waals surface area contributed by atoms with Crippen LogP contribution in [0.25, 0.3) is 10.9 Å². The number of anilines is 1. The van der Waals surface area contributed by atoms with Crippen LogP contribution in [0.2, 0.25) is 0 Å². The Bertz CT molecular complexity index is 1130. The molecule has 0 bridgehead atoms. The molecule has 3 heterocycles. The van der Waals surface area contributed by atoms with E-state index >= 15 is 0 Å². The highest BCUT2D eigenvalue weighted by Gasteiger charge is 2.46. The Morgan fingerprint density at radius 3 is 2.26 bits per heavy atom. The molecule has 0 radical (unpaired) electrons. The maximum Gasteiger partial charge on any atom is 0.416 e. The van der Waals surface area contributed by atoms with Crippen LogP contribution >= 0.6 is 0 Å². The molecule has 0 amide bonds. The van der Waals surface area contributed by atoms with E-state index in [-0.39, 0.29) is 17.7 Å². The number of ether oxygens (including phenoxy) is 1. The number of aromatic nitrogens is 1. The summed E-state index contributed by atoms with van der Waals surface area (Å²) in [5.74, 6) is -0.683. The SMILES string of the molecule is Fc1cccc2c1cc1n2[C@H]2OCC[C@H]2[C@H]1Nc1cc(C(F)(F)F)cc(C(F)(F)F)c1. The number of benzene rings is 2. The van der Waals surface area contributed by atoms with Gasteiger partial charge in [-0.2, -0.15) is 26.3 Å². The normalized spacial score (nSPS) is 23.3. The topological polar surface area (TPSA) is 26.2 Å². The molecule has 3 atom stereocenters. The van der Waals surface area contributed by atoms with Crippen LogP contribution < -0.4 is 5.32 Å². The molecule has 10 heteroatoms. The van der Waals surface area contributed by atoms with Gasteiger partial charge >= 0.3 is 12.4 Å². The average molecular weight is 444 g/mol. The molecular weight excluding hydrogens is 429 g/mol. The first-order valence-electron chi connectivity index (χ1n) is 9.51. The lowest BCUT2D eigenvalue weighted by molar-refractivity contribution is -0.143. The largest absolute Gasteiger partial charge is 0.416 e. The average Bonchev–Trinajstić information content (AvgIpc) is 3.34. The van der Waals surface area contributed by atoms with Crippen LogP contribution in [-0.2, 0) is 17.1 Å². The minimum atomic E-state index is -4.94. The lowest BCUT2D eigenvalue weighted by Gasteiger charge is -2.22. The van der Waals surface area contributed by atoms with Gasteiger partial charge in [0.1, 0.15) is 12.0 Å². The van der Waals surface area contributed by atoms with Crippen LogP contribution in [0.3, 0.4) is 0 Å². The first-order valence-corrected chi connectivity index (χ1v) is 9.51. The second kappa shape index (κ2) is 6.62. The molecule has 164 valence electrons. The molecular formula is C21H15F7N2O. The van der Waals surface area contributed by atoms with Gasteiger partial charge < -0.3 is 14.6 Å². The minimum absolute atomic E-state index is 0.0910. The van der Waals surface area contributed by atoms with Crippen LogP contribution in [0.5, 0.6) is 0 Å². The second-order valence-electron chi connectivity index (χ2n) is 7.74. The standard InChI is InChI=1S/C21H15F7N2O/c22-15-2-1-3-16-14(15)9-17-18(13-4-5-31-19(13)30(16)17)29-12-7-10(20(23,24)25)6-11(8-12)21(26,27)28/h1-3,6-9,13,18-19,29H,4-5H2/t13-,18+,19-/m0/s1. The van der Waals surface area contributed by atoms with Gasteiger partial charge in [-0.05, 0) is 42.8 Å². The lowest BCUT2D eigenvalue weighted by Crippen LogP contribution is -2.18. The summed E-state index contributed by atoms with van der Waals surface area (Å²) in [6.07, 6.45) is -9.79. The van der Waals surface area contributed by atoms with Crippen molar-refractivity contribution in [2.75, 3.05) is 11.9 Å². The summed E-state index contributed by atoms with van der Waals surface area (Å²) in [6.45, 7) is 0.387. The van der Waals surface area contributed by atoms with Crippen molar-refractivity contribution in [1.29, 1.82) is 0 Å². The zero-order valence-electron chi connectivity index (χ0n) is 15.7. The van der Waals surface area contributed by atoms with Crippen LogP contribution in [0.1, 0.15) is 35.5 Å². The Balaban J connectivity index is 1.61. The second-order valence-corrected chi connectivity index (χ2v) is 7.74. The zero-order chi connectivity index (χ0) is 22.1. The highest BCUT2D eigenvalue weighted by atomic mass is 19.4. The molecule has 31 heavy (non-hydrogen) atoms. The third-order valence-electron chi connectivity index (χ3n) is 5.88. The summed E-state index contributed by atoms with van der Waals surface area (Å²) < 4.78 is 101. The Morgan fingerprint density at radius 2 is 1.61 bits per heavy atom. The molecule has 1 fully saturated rings. The highest BCUT2D eigenvalue weighted by Crippen LogP contribution is 2.51. The van der Waals surface area contributed by atoms with Crippen molar-refractivity contribution in [3.05, 3.63) is 65.1 Å². The maximum atomic E-state index is 14.3.